The SMILES string of the molecule is COc1ccc(N2CCN(C)CC2)c(F)c1. The quantitative estimate of drug-likeness (QED) is 0.758. The van der Waals surface area contributed by atoms with Gasteiger partial charge in [-0.15, -0.1) is 0 Å². The number of piperazine rings is 1. The second kappa shape index (κ2) is 4.70. The highest BCUT2D eigenvalue weighted by Gasteiger charge is 2.17. The van der Waals surface area contributed by atoms with Crippen LogP contribution in [0.5, 0.6) is 5.75 Å². The lowest BCUT2D eigenvalue weighted by Gasteiger charge is -2.34. The van der Waals surface area contributed by atoms with E-state index in [2.05, 4.69) is 16.8 Å². The third-order valence-corrected chi connectivity index (χ3v) is 3.00. The van der Waals surface area contributed by atoms with E-state index in [4.69, 9.17) is 4.74 Å². The molecule has 0 radical (unpaired) electrons. The highest BCUT2D eigenvalue weighted by molar-refractivity contribution is 5.51. The Morgan fingerprint density at radius 2 is 1.88 bits per heavy atom. The number of likely N-dealkylation sites (N-methyl/N-ethyl adjacent to an activating group) is 1. The van der Waals surface area contributed by atoms with Gasteiger partial charge in [-0.3, -0.25) is 0 Å². The summed E-state index contributed by atoms with van der Waals surface area (Å²) >= 11 is 0. The van der Waals surface area contributed by atoms with Gasteiger partial charge >= 0.3 is 0 Å². The van der Waals surface area contributed by atoms with Crippen molar-refractivity contribution in [1.82, 2.24) is 4.90 Å². The summed E-state index contributed by atoms with van der Waals surface area (Å²) in [6.07, 6.45) is 0. The van der Waals surface area contributed by atoms with Crippen LogP contribution in [0.15, 0.2) is 18.2 Å². The normalized spacial score (nSPS) is 17.6. The largest absolute Gasteiger partial charge is 0.497 e. The zero-order valence-electron chi connectivity index (χ0n) is 9.74. The molecule has 1 aromatic carbocycles. The molecular weight excluding hydrogens is 207 g/mol. The average molecular weight is 224 g/mol. The standard InChI is InChI=1S/C12H17FN2O/c1-14-5-7-15(8-6-14)12-4-3-10(16-2)9-11(12)13/h3-4,9H,5-8H2,1-2H3. The molecular formula is C12H17FN2O. The van der Waals surface area contributed by atoms with E-state index < -0.39 is 0 Å². The Kier molecular flexibility index (Phi) is 3.29. The molecule has 1 heterocycles. The smallest absolute Gasteiger partial charge is 0.150 e. The van der Waals surface area contributed by atoms with E-state index >= 15 is 0 Å². The minimum Gasteiger partial charge on any atom is -0.497 e. The summed E-state index contributed by atoms with van der Waals surface area (Å²) in [5.41, 5.74) is 0.675. The van der Waals surface area contributed by atoms with E-state index in [1.54, 1.807) is 19.2 Å². The Hall–Kier alpha value is -1.29. The van der Waals surface area contributed by atoms with Gasteiger partial charge in [-0.2, -0.15) is 0 Å². The molecule has 16 heavy (non-hydrogen) atoms. The first-order valence-corrected chi connectivity index (χ1v) is 5.48. The maximum absolute atomic E-state index is 13.8. The van der Waals surface area contributed by atoms with Crippen LogP contribution in [0.25, 0.3) is 0 Å². The Bertz CT molecular complexity index is 362. The van der Waals surface area contributed by atoms with Crippen LogP contribution in [-0.2, 0) is 0 Å². The second-order valence-corrected chi connectivity index (χ2v) is 4.11. The van der Waals surface area contributed by atoms with Crippen molar-refractivity contribution in [3.05, 3.63) is 24.0 Å². The first-order valence-electron chi connectivity index (χ1n) is 5.48. The Balaban J connectivity index is 2.14. The summed E-state index contributed by atoms with van der Waals surface area (Å²) in [7, 11) is 3.63. The van der Waals surface area contributed by atoms with Crippen molar-refractivity contribution >= 4 is 5.69 Å². The molecule has 1 aliphatic rings. The Morgan fingerprint density at radius 3 is 2.44 bits per heavy atom. The van der Waals surface area contributed by atoms with E-state index in [0.717, 1.165) is 26.2 Å². The average Bonchev–Trinajstić information content (AvgIpc) is 2.30. The summed E-state index contributed by atoms with van der Waals surface area (Å²) < 4.78 is 18.8. The van der Waals surface area contributed by atoms with Crippen LogP contribution < -0.4 is 9.64 Å². The Labute approximate surface area is 95.4 Å². The highest BCUT2D eigenvalue weighted by Crippen LogP contribution is 2.24. The fraction of sp³-hybridized carbons (Fsp3) is 0.500. The molecule has 1 saturated heterocycles. The summed E-state index contributed by atoms with van der Waals surface area (Å²) in [6, 6.07) is 5.03. The predicted octanol–water partition coefficient (Wildman–Crippen LogP) is 1.59. The molecule has 1 aliphatic heterocycles. The van der Waals surface area contributed by atoms with Gasteiger partial charge in [0.05, 0.1) is 12.8 Å². The number of anilines is 1. The van der Waals surface area contributed by atoms with Gasteiger partial charge in [0.25, 0.3) is 0 Å². The van der Waals surface area contributed by atoms with Crippen molar-refractivity contribution in [3.63, 3.8) is 0 Å². The fourth-order valence-corrected chi connectivity index (χ4v) is 1.92. The molecule has 0 atom stereocenters. The lowest BCUT2D eigenvalue weighted by molar-refractivity contribution is 0.311. The molecule has 88 valence electrons. The van der Waals surface area contributed by atoms with E-state index in [0.29, 0.717) is 11.4 Å². The van der Waals surface area contributed by atoms with Gasteiger partial charge in [-0.1, -0.05) is 0 Å². The predicted molar refractivity (Wildman–Crippen MR) is 62.7 cm³/mol. The first-order chi connectivity index (χ1) is 7.70. The maximum atomic E-state index is 13.8. The number of benzene rings is 1. The number of methoxy groups -OCH3 is 1. The molecule has 2 rings (SSSR count). The van der Waals surface area contributed by atoms with E-state index in [9.17, 15) is 4.39 Å². The molecule has 0 unspecified atom stereocenters. The second-order valence-electron chi connectivity index (χ2n) is 4.11. The van der Waals surface area contributed by atoms with Crippen LogP contribution in [0.2, 0.25) is 0 Å². The van der Waals surface area contributed by atoms with Gasteiger partial charge < -0.3 is 14.5 Å². The summed E-state index contributed by atoms with van der Waals surface area (Å²) in [4.78, 5) is 4.33. The minimum absolute atomic E-state index is 0.205. The topological polar surface area (TPSA) is 15.7 Å². The first kappa shape index (κ1) is 11.2. The molecule has 4 heteroatoms. The zero-order chi connectivity index (χ0) is 11.5. The van der Waals surface area contributed by atoms with Crippen LogP contribution in [-0.4, -0.2) is 45.2 Å². The van der Waals surface area contributed by atoms with Crippen molar-refractivity contribution < 1.29 is 9.13 Å². The van der Waals surface area contributed by atoms with E-state index in [-0.39, 0.29) is 5.82 Å². The van der Waals surface area contributed by atoms with E-state index in [1.165, 1.54) is 6.07 Å². The van der Waals surface area contributed by atoms with Crippen molar-refractivity contribution in [2.24, 2.45) is 0 Å². The molecule has 0 N–H and O–H groups in total. The molecule has 0 aliphatic carbocycles. The van der Waals surface area contributed by atoms with E-state index in [1.807, 2.05) is 0 Å². The molecule has 0 saturated carbocycles. The van der Waals surface area contributed by atoms with Crippen molar-refractivity contribution in [3.8, 4) is 5.75 Å². The number of rotatable bonds is 2. The Morgan fingerprint density at radius 1 is 1.19 bits per heavy atom. The third kappa shape index (κ3) is 2.27. The third-order valence-electron chi connectivity index (χ3n) is 3.00. The van der Waals surface area contributed by atoms with Crippen molar-refractivity contribution in [2.75, 3.05) is 45.2 Å². The number of halogens is 1. The van der Waals surface area contributed by atoms with Crippen LogP contribution >= 0.6 is 0 Å². The molecule has 0 spiro atoms. The van der Waals surface area contributed by atoms with Gasteiger partial charge in [0, 0.05) is 32.2 Å². The van der Waals surface area contributed by atoms with Crippen LogP contribution in [0.1, 0.15) is 0 Å². The van der Waals surface area contributed by atoms with Gasteiger partial charge in [0.1, 0.15) is 11.6 Å². The number of nitrogens with zero attached hydrogens (tertiary/aromatic N) is 2. The van der Waals surface area contributed by atoms with Gasteiger partial charge in [-0.05, 0) is 19.2 Å². The summed E-state index contributed by atoms with van der Waals surface area (Å²) in [5.74, 6) is 0.360. The molecule has 0 amide bonds. The minimum atomic E-state index is -0.205. The van der Waals surface area contributed by atoms with Crippen molar-refractivity contribution in [2.45, 2.75) is 0 Å². The van der Waals surface area contributed by atoms with Gasteiger partial charge in [0.15, 0.2) is 0 Å². The van der Waals surface area contributed by atoms with Crippen molar-refractivity contribution in [1.29, 1.82) is 0 Å². The highest BCUT2D eigenvalue weighted by atomic mass is 19.1. The molecule has 0 bridgehead atoms. The summed E-state index contributed by atoms with van der Waals surface area (Å²) in [5, 5.41) is 0. The van der Waals surface area contributed by atoms with Crippen LogP contribution in [0, 0.1) is 5.82 Å². The number of hydrogen-bond acceptors (Lipinski definition) is 3. The number of ether oxygens (including phenoxy) is 1. The number of hydrogen-bond donors (Lipinski definition) is 0. The van der Waals surface area contributed by atoms with Gasteiger partial charge in [0.2, 0.25) is 0 Å². The zero-order valence-corrected chi connectivity index (χ0v) is 9.74. The molecule has 1 fully saturated rings. The summed E-state index contributed by atoms with van der Waals surface area (Å²) in [6.45, 7) is 3.70. The lowest BCUT2D eigenvalue weighted by Crippen LogP contribution is -2.44. The van der Waals surface area contributed by atoms with Gasteiger partial charge in [-0.25, -0.2) is 4.39 Å². The van der Waals surface area contributed by atoms with Crippen LogP contribution in [0.3, 0.4) is 0 Å². The van der Waals surface area contributed by atoms with Crippen LogP contribution in [0.4, 0.5) is 10.1 Å². The lowest BCUT2D eigenvalue weighted by atomic mass is 10.2. The fourth-order valence-electron chi connectivity index (χ4n) is 1.92. The molecule has 0 aromatic heterocycles. The maximum Gasteiger partial charge on any atom is 0.150 e. The molecule has 3 nitrogen and oxygen atoms in total. The monoisotopic (exact) mass is 224 g/mol. The molecule has 1 aromatic rings.